The molecule has 2 rings (SSSR count). The highest BCUT2D eigenvalue weighted by Gasteiger charge is 2.38. The van der Waals surface area contributed by atoms with Gasteiger partial charge in [0.25, 0.3) is 0 Å². The molecule has 0 N–H and O–H groups in total. The molecule has 0 heterocycles. The van der Waals surface area contributed by atoms with Crippen LogP contribution >= 0.6 is 0 Å². The standard InChI is InChI=1S/C25H36O3/c1-4-7-19-26-25(27-20-8-5-2,28-21-9-6-3)24-18-14-13-17-23(24)22-15-11-10-12-16-22/h10-18H,4-9,19-21H2,1-3H3. The molecule has 0 aliphatic heterocycles. The first-order valence-electron chi connectivity index (χ1n) is 10.8. The quantitative estimate of drug-likeness (QED) is 0.261. The van der Waals surface area contributed by atoms with Gasteiger partial charge in [-0.25, -0.2) is 0 Å². The largest absolute Gasteiger partial charge is 0.324 e. The van der Waals surface area contributed by atoms with Crippen LogP contribution in [0, 0.1) is 0 Å². The second kappa shape index (κ2) is 12.7. The molecule has 0 fully saturated rings. The predicted molar refractivity (Wildman–Crippen MR) is 116 cm³/mol. The van der Waals surface area contributed by atoms with Gasteiger partial charge in [-0.05, 0) is 30.4 Å². The minimum atomic E-state index is -1.16. The second-order valence-corrected chi connectivity index (χ2v) is 7.07. The highest BCUT2D eigenvalue weighted by molar-refractivity contribution is 5.67. The molecule has 0 spiro atoms. The molecule has 154 valence electrons. The summed E-state index contributed by atoms with van der Waals surface area (Å²) < 4.78 is 19.1. The van der Waals surface area contributed by atoms with Crippen molar-refractivity contribution in [1.29, 1.82) is 0 Å². The Bertz CT molecular complexity index is 627. The van der Waals surface area contributed by atoms with Crippen LogP contribution in [0.1, 0.15) is 64.9 Å². The molecule has 0 unspecified atom stereocenters. The van der Waals surface area contributed by atoms with Crippen LogP contribution in [-0.2, 0) is 20.2 Å². The lowest BCUT2D eigenvalue weighted by Gasteiger charge is -2.35. The van der Waals surface area contributed by atoms with Crippen molar-refractivity contribution in [3.63, 3.8) is 0 Å². The molecule has 0 atom stereocenters. The van der Waals surface area contributed by atoms with Gasteiger partial charge >= 0.3 is 5.97 Å². The third-order valence-corrected chi connectivity index (χ3v) is 4.71. The molecule has 3 nitrogen and oxygen atoms in total. The van der Waals surface area contributed by atoms with Gasteiger partial charge in [-0.1, -0.05) is 94.6 Å². The fourth-order valence-corrected chi connectivity index (χ4v) is 3.03. The normalized spacial score (nSPS) is 11.7. The fourth-order valence-electron chi connectivity index (χ4n) is 3.03. The van der Waals surface area contributed by atoms with E-state index in [4.69, 9.17) is 14.2 Å². The van der Waals surface area contributed by atoms with Crippen LogP contribution in [0.5, 0.6) is 0 Å². The van der Waals surface area contributed by atoms with Crippen LogP contribution in [0.3, 0.4) is 0 Å². The van der Waals surface area contributed by atoms with E-state index in [0.29, 0.717) is 19.8 Å². The summed E-state index contributed by atoms with van der Waals surface area (Å²) in [5, 5.41) is 0. The summed E-state index contributed by atoms with van der Waals surface area (Å²) in [6.45, 7) is 8.32. The zero-order valence-corrected chi connectivity index (χ0v) is 17.8. The molecule has 0 aliphatic carbocycles. The minimum absolute atomic E-state index is 0.609. The molecule has 0 aliphatic rings. The van der Waals surface area contributed by atoms with Crippen LogP contribution in [0.25, 0.3) is 11.1 Å². The van der Waals surface area contributed by atoms with E-state index >= 15 is 0 Å². The van der Waals surface area contributed by atoms with Crippen LogP contribution in [-0.4, -0.2) is 19.8 Å². The summed E-state index contributed by atoms with van der Waals surface area (Å²) in [4.78, 5) is 0. The van der Waals surface area contributed by atoms with Gasteiger partial charge in [0, 0.05) is 5.56 Å². The van der Waals surface area contributed by atoms with Gasteiger partial charge in [0.05, 0.1) is 19.8 Å². The zero-order chi connectivity index (χ0) is 20.1. The van der Waals surface area contributed by atoms with E-state index in [-0.39, 0.29) is 0 Å². The van der Waals surface area contributed by atoms with Gasteiger partial charge in [0.1, 0.15) is 0 Å². The molecule has 0 radical (unpaired) electrons. The maximum atomic E-state index is 6.37. The minimum Gasteiger partial charge on any atom is -0.324 e. The highest BCUT2D eigenvalue weighted by atomic mass is 16.9. The van der Waals surface area contributed by atoms with Crippen molar-refractivity contribution in [3.05, 3.63) is 60.2 Å². The Morgan fingerprint density at radius 2 is 1.07 bits per heavy atom. The monoisotopic (exact) mass is 384 g/mol. The van der Waals surface area contributed by atoms with Gasteiger partial charge in [0.2, 0.25) is 0 Å². The first kappa shape index (κ1) is 22.6. The van der Waals surface area contributed by atoms with Crippen LogP contribution in [0.2, 0.25) is 0 Å². The van der Waals surface area contributed by atoms with E-state index in [1.54, 1.807) is 0 Å². The van der Waals surface area contributed by atoms with Gasteiger partial charge in [-0.2, -0.15) is 0 Å². The number of rotatable bonds is 14. The van der Waals surface area contributed by atoms with E-state index < -0.39 is 5.97 Å². The first-order chi connectivity index (χ1) is 13.8. The number of unbranched alkanes of at least 4 members (excludes halogenated alkanes) is 3. The SMILES string of the molecule is CCCCOC(OCCCC)(OCCCC)c1ccccc1-c1ccccc1. The van der Waals surface area contributed by atoms with Crippen LogP contribution in [0.4, 0.5) is 0 Å². The van der Waals surface area contributed by atoms with Crippen LogP contribution in [0.15, 0.2) is 54.6 Å². The predicted octanol–water partition coefficient (Wildman–Crippen LogP) is 6.91. The van der Waals surface area contributed by atoms with Crippen LogP contribution < -0.4 is 0 Å². The van der Waals surface area contributed by atoms with E-state index in [1.807, 2.05) is 12.1 Å². The third kappa shape index (κ3) is 6.44. The van der Waals surface area contributed by atoms with E-state index in [9.17, 15) is 0 Å². The number of ether oxygens (including phenoxy) is 3. The average Bonchev–Trinajstić information content (AvgIpc) is 2.74. The third-order valence-electron chi connectivity index (χ3n) is 4.71. The molecule has 2 aromatic rings. The van der Waals surface area contributed by atoms with Crippen molar-refractivity contribution < 1.29 is 14.2 Å². The summed E-state index contributed by atoms with van der Waals surface area (Å²) in [5.41, 5.74) is 3.18. The smallest absolute Gasteiger partial charge is 0.312 e. The summed E-state index contributed by atoms with van der Waals surface area (Å²) in [5.74, 6) is -1.16. The van der Waals surface area contributed by atoms with Crippen molar-refractivity contribution in [2.24, 2.45) is 0 Å². The Labute approximate surface area is 171 Å². The second-order valence-electron chi connectivity index (χ2n) is 7.07. The molecule has 0 saturated heterocycles. The van der Waals surface area contributed by atoms with Gasteiger partial charge < -0.3 is 14.2 Å². The Kier molecular flexibility index (Phi) is 10.3. The number of hydrogen-bond acceptors (Lipinski definition) is 3. The summed E-state index contributed by atoms with van der Waals surface area (Å²) in [7, 11) is 0. The fraction of sp³-hybridized carbons (Fsp3) is 0.520. The van der Waals surface area contributed by atoms with Gasteiger partial charge in [-0.15, -0.1) is 0 Å². The van der Waals surface area contributed by atoms with Gasteiger partial charge in [0.15, 0.2) is 0 Å². The summed E-state index contributed by atoms with van der Waals surface area (Å²) >= 11 is 0. The number of benzene rings is 2. The van der Waals surface area contributed by atoms with E-state index in [1.165, 1.54) is 0 Å². The van der Waals surface area contributed by atoms with Gasteiger partial charge in [-0.3, -0.25) is 0 Å². The summed E-state index contributed by atoms with van der Waals surface area (Å²) in [6, 6.07) is 18.7. The van der Waals surface area contributed by atoms with Crippen molar-refractivity contribution in [1.82, 2.24) is 0 Å². The molecular weight excluding hydrogens is 348 g/mol. The van der Waals surface area contributed by atoms with E-state index in [2.05, 4.69) is 63.2 Å². The van der Waals surface area contributed by atoms with Crippen molar-refractivity contribution in [2.75, 3.05) is 19.8 Å². The molecule has 0 aromatic heterocycles. The molecule has 2 aromatic carbocycles. The molecule has 28 heavy (non-hydrogen) atoms. The summed E-state index contributed by atoms with van der Waals surface area (Å²) in [6.07, 6.45) is 6.14. The Morgan fingerprint density at radius 1 is 0.607 bits per heavy atom. The lowest BCUT2D eigenvalue weighted by atomic mass is 9.98. The Morgan fingerprint density at radius 3 is 1.57 bits per heavy atom. The highest BCUT2D eigenvalue weighted by Crippen LogP contribution is 2.37. The molecule has 3 heteroatoms. The Balaban J connectivity index is 2.45. The lowest BCUT2D eigenvalue weighted by molar-refractivity contribution is -0.393. The van der Waals surface area contributed by atoms with Crippen molar-refractivity contribution in [2.45, 2.75) is 65.3 Å². The lowest BCUT2D eigenvalue weighted by Crippen LogP contribution is -2.38. The molecule has 0 bridgehead atoms. The first-order valence-corrected chi connectivity index (χ1v) is 10.8. The maximum absolute atomic E-state index is 6.37. The van der Waals surface area contributed by atoms with E-state index in [0.717, 1.165) is 55.2 Å². The Hall–Kier alpha value is -1.68. The maximum Gasteiger partial charge on any atom is 0.312 e. The topological polar surface area (TPSA) is 27.7 Å². The zero-order valence-electron chi connectivity index (χ0n) is 17.8. The van der Waals surface area contributed by atoms with Crippen molar-refractivity contribution >= 4 is 0 Å². The number of hydrogen-bond donors (Lipinski definition) is 0. The molecule has 0 amide bonds. The average molecular weight is 385 g/mol. The van der Waals surface area contributed by atoms with Crippen molar-refractivity contribution in [3.8, 4) is 11.1 Å². The molecular formula is C25H36O3. The molecule has 0 saturated carbocycles.